The van der Waals surface area contributed by atoms with E-state index in [9.17, 15) is 4.79 Å². The Kier molecular flexibility index (Phi) is 3.58. The lowest BCUT2D eigenvalue weighted by Crippen LogP contribution is -2.35. The van der Waals surface area contributed by atoms with Gasteiger partial charge in [0, 0.05) is 11.1 Å². The van der Waals surface area contributed by atoms with Crippen molar-refractivity contribution in [3.63, 3.8) is 0 Å². The quantitative estimate of drug-likeness (QED) is 0.875. The van der Waals surface area contributed by atoms with Gasteiger partial charge in [0.05, 0.1) is 16.4 Å². The van der Waals surface area contributed by atoms with Crippen molar-refractivity contribution >= 4 is 29.4 Å². The van der Waals surface area contributed by atoms with Crippen LogP contribution >= 0.6 is 11.6 Å². The second-order valence-corrected chi connectivity index (χ2v) is 4.34. The van der Waals surface area contributed by atoms with Crippen molar-refractivity contribution in [3.05, 3.63) is 71.4 Å². The van der Waals surface area contributed by atoms with Crippen molar-refractivity contribution < 1.29 is 4.79 Å². The summed E-state index contributed by atoms with van der Waals surface area (Å²) >= 11 is 6.26. The fraction of sp³-hybridized carbons (Fsp3) is 0. The SMILES string of the molecule is C=CC1=C(C=C)N(C(N)=O)c2ccccc2C=C1Cl. The third-order valence-corrected chi connectivity index (χ3v) is 3.16. The summed E-state index contributed by atoms with van der Waals surface area (Å²) in [5.41, 5.74) is 8.10. The number of hydrogen-bond acceptors (Lipinski definition) is 1. The highest BCUT2D eigenvalue weighted by molar-refractivity contribution is 6.35. The Bertz CT molecular complexity index is 629. The number of para-hydroxylation sites is 1. The molecule has 0 fully saturated rings. The van der Waals surface area contributed by atoms with E-state index >= 15 is 0 Å². The molecule has 0 atom stereocenters. The van der Waals surface area contributed by atoms with Crippen LogP contribution < -0.4 is 10.6 Å². The number of urea groups is 1. The molecule has 0 bridgehead atoms. The van der Waals surface area contributed by atoms with Crippen LogP contribution in [-0.2, 0) is 0 Å². The maximum atomic E-state index is 11.8. The Morgan fingerprint density at radius 3 is 2.53 bits per heavy atom. The molecule has 0 aromatic heterocycles. The zero-order chi connectivity index (χ0) is 14.0. The topological polar surface area (TPSA) is 46.3 Å². The normalized spacial score (nSPS) is 14.4. The highest BCUT2D eigenvalue weighted by Crippen LogP contribution is 2.35. The first-order valence-corrected chi connectivity index (χ1v) is 6.03. The molecule has 1 aromatic rings. The fourth-order valence-electron chi connectivity index (χ4n) is 2.04. The van der Waals surface area contributed by atoms with Crippen LogP contribution in [0.5, 0.6) is 0 Å². The van der Waals surface area contributed by atoms with Crippen LogP contribution in [0.2, 0.25) is 0 Å². The molecule has 96 valence electrons. The minimum absolute atomic E-state index is 0.487. The van der Waals surface area contributed by atoms with E-state index in [4.69, 9.17) is 17.3 Å². The molecule has 4 heteroatoms. The zero-order valence-electron chi connectivity index (χ0n) is 10.3. The van der Waals surface area contributed by atoms with Gasteiger partial charge in [0.2, 0.25) is 0 Å². The standard InChI is InChI=1S/C15H13ClN2O/c1-3-11-12(16)9-10-7-5-6-8-14(10)18(15(17)19)13(11)4-2/h3-9H,1-2H2,(H2,17,19). The number of amides is 2. The summed E-state index contributed by atoms with van der Waals surface area (Å²) in [6.07, 6.45) is 4.90. The van der Waals surface area contributed by atoms with Crippen LogP contribution in [0.15, 0.2) is 65.9 Å². The molecule has 0 saturated carbocycles. The summed E-state index contributed by atoms with van der Waals surface area (Å²) in [6, 6.07) is 6.76. The van der Waals surface area contributed by atoms with E-state index in [-0.39, 0.29) is 0 Å². The van der Waals surface area contributed by atoms with Crippen LogP contribution in [0.1, 0.15) is 5.56 Å². The molecular weight excluding hydrogens is 260 g/mol. The molecule has 2 N–H and O–H groups in total. The van der Waals surface area contributed by atoms with E-state index in [2.05, 4.69) is 13.2 Å². The number of anilines is 1. The number of benzene rings is 1. The van der Waals surface area contributed by atoms with Crippen LogP contribution in [0.3, 0.4) is 0 Å². The Morgan fingerprint density at radius 1 is 1.26 bits per heavy atom. The minimum atomic E-state index is -0.596. The fourth-order valence-corrected chi connectivity index (χ4v) is 2.33. The van der Waals surface area contributed by atoms with Gasteiger partial charge in [-0.05, 0) is 18.2 Å². The van der Waals surface area contributed by atoms with E-state index < -0.39 is 6.03 Å². The van der Waals surface area contributed by atoms with Crippen LogP contribution in [0.4, 0.5) is 10.5 Å². The number of fused-ring (bicyclic) bond motifs is 1. The smallest absolute Gasteiger partial charge is 0.323 e. The van der Waals surface area contributed by atoms with Crippen molar-refractivity contribution in [2.45, 2.75) is 0 Å². The summed E-state index contributed by atoms with van der Waals surface area (Å²) in [5.74, 6) is 0. The molecule has 0 aliphatic carbocycles. The summed E-state index contributed by atoms with van der Waals surface area (Å²) in [5, 5.41) is 0.487. The number of nitrogens with zero attached hydrogens (tertiary/aromatic N) is 1. The zero-order valence-corrected chi connectivity index (χ0v) is 11.0. The molecule has 1 aliphatic heterocycles. The maximum absolute atomic E-state index is 11.8. The lowest BCUT2D eigenvalue weighted by atomic mass is 10.1. The first-order chi connectivity index (χ1) is 9.10. The molecule has 1 heterocycles. The average Bonchev–Trinajstić information content (AvgIpc) is 2.51. The second-order valence-electron chi connectivity index (χ2n) is 3.93. The van der Waals surface area contributed by atoms with Crippen LogP contribution in [-0.4, -0.2) is 6.03 Å². The van der Waals surface area contributed by atoms with Gasteiger partial charge in [-0.15, -0.1) is 0 Å². The summed E-state index contributed by atoms with van der Waals surface area (Å²) in [7, 11) is 0. The number of allylic oxidation sites excluding steroid dienone is 4. The Labute approximate surface area is 117 Å². The number of nitrogens with two attached hydrogens (primary N) is 1. The minimum Gasteiger partial charge on any atom is -0.351 e. The third kappa shape index (κ3) is 2.20. The van der Waals surface area contributed by atoms with Crippen molar-refractivity contribution in [1.29, 1.82) is 0 Å². The molecule has 1 aliphatic rings. The number of hydrogen-bond donors (Lipinski definition) is 1. The van der Waals surface area contributed by atoms with Gasteiger partial charge in [-0.3, -0.25) is 4.90 Å². The lowest BCUT2D eigenvalue weighted by molar-refractivity contribution is 0.255. The van der Waals surface area contributed by atoms with Crippen LogP contribution in [0, 0.1) is 0 Å². The summed E-state index contributed by atoms with van der Waals surface area (Å²) in [4.78, 5) is 13.2. The summed E-state index contributed by atoms with van der Waals surface area (Å²) < 4.78 is 0. The molecule has 1 aromatic carbocycles. The molecule has 19 heavy (non-hydrogen) atoms. The number of rotatable bonds is 2. The first-order valence-electron chi connectivity index (χ1n) is 5.65. The van der Waals surface area contributed by atoms with Gasteiger partial charge in [-0.1, -0.05) is 49.0 Å². The molecule has 0 spiro atoms. The van der Waals surface area contributed by atoms with Crippen molar-refractivity contribution in [3.8, 4) is 0 Å². The predicted octanol–water partition coefficient (Wildman–Crippen LogP) is 3.79. The Hall–Kier alpha value is -2.26. The van der Waals surface area contributed by atoms with E-state index in [0.29, 0.717) is 22.0 Å². The van der Waals surface area contributed by atoms with E-state index in [1.165, 1.54) is 4.90 Å². The van der Waals surface area contributed by atoms with E-state index in [1.54, 1.807) is 24.3 Å². The molecule has 0 saturated heterocycles. The van der Waals surface area contributed by atoms with Gasteiger partial charge >= 0.3 is 6.03 Å². The predicted molar refractivity (Wildman–Crippen MR) is 79.8 cm³/mol. The Balaban J connectivity index is 2.82. The number of carbonyl (C=O) groups is 1. The van der Waals surface area contributed by atoms with Gasteiger partial charge in [0.25, 0.3) is 0 Å². The van der Waals surface area contributed by atoms with Crippen molar-refractivity contribution in [2.75, 3.05) is 4.90 Å². The molecular formula is C15H13ClN2O. The first kappa shape index (κ1) is 13.2. The van der Waals surface area contributed by atoms with Crippen molar-refractivity contribution in [2.24, 2.45) is 5.73 Å². The van der Waals surface area contributed by atoms with Crippen molar-refractivity contribution in [1.82, 2.24) is 0 Å². The Morgan fingerprint density at radius 2 is 1.95 bits per heavy atom. The molecule has 0 radical (unpaired) electrons. The molecule has 3 nitrogen and oxygen atoms in total. The van der Waals surface area contributed by atoms with E-state index in [0.717, 1.165) is 5.56 Å². The number of halogens is 1. The number of carbonyl (C=O) groups excluding carboxylic acids is 1. The second kappa shape index (κ2) is 5.16. The molecule has 2 rings (SSSR count). The highest BCUT2D eigenvalue weighted by Gasteiger charge is 2.24. The lowest BCUT2D eigenvalue weighted by Gasteiger charge is -2.23. The van der Waals surface area contributed by atoms with Gasteiger partial charge in [0.1, 0.15) is 0 Å². The maximum Gasteiger partial charge on any atom is 0.323 e. The largest absolute Gasteiger partial charge is 0.351 e. The van der Waals surface area contributed by atoms with Gasteiger partial charge in [-0.2, -0.15) is 0 Å². The monoisotopic (exact) mass is 272 g/mol. The summed E-state index contributed by atoms with van der Waals surface area (Å²) in [6.45, 7) is 7.44. The van der Waals surface area contributed by atoms with E-state index in [1.807, 2.05) is 18.2 Å². The third-order valence-electron chi connectivity index (χ3n) is 2.85. The average molecular weight is 273 g/mol. The van der Waals surface area contributed by atoms with Gasteiger partial charge in [0.15, 0.2) is 0 Å². The number of primary amides is 1. The van der Waals surface area contributed by atoms with Crippen LogP contribution in [0.25, 0.3) is 6.08 Å². The van der Waals surface area contributed by atoms with Gasteiger partial charge < -0.3 is 5.73 Å². The highest BCUT2D eigenvalue weighted by atomic mass is 35.5. The molecule has 2 amide bonds. The molecule has 0 unspecified atom stereocenters. The van der Waals surface area contributed by atoms with Gasteiger partial charge in [-0.25, -0.2) is 4.79 Å².